The Bertz CT molecular complexity index is 485. The molecule has 0 aliphatic carbocycles. The number of benzene rings is 1. The molecule has 1 saturated heterocycles. The van der Waals surface area contributed by atoms with E-state index in [1.54, 1.807) is 0 Å². The Morgan fingerprint density at radius 1 is 1.14 bits per heavy atom. The SMILES string of the molecule is CCN(CC)C(CN1CCNCC1)c1ccc2c(c1)OCO2. The van der Waals surface area contributed by atoms with E-state index in [2.05, 4.69) is 41.1 Å². The summed E-state index contributed by atoms with van der Waals surface area (Å²) >= 11 is 0. The number of fused-ring (bicyclic) bond motifs is 1. The molecule has 5 nitrogen and oxygen atoms in total. The molecule has 1 aromatic rings. The molecule has 0 aromatic heterocycles. The molecular weight excluding hydrogens is 278 g/mol. The molecule has 0 saturated carbocycles. The molecule has 1 unspecified atom stereocenters. The van der Waals surface area contributed by atoms with Gasteiger partial charge in [0, 0.05) is 38.8 Å². The van der Waals surface area contributed by atoms with Crippen molar-refractivity contribution >= 4 is 0 Å². The average molecular weight is 305 g/mol. The van der Waals surface area contributed by atoms with Crippen molar-refractivity contribution in [2.24, 2.45) is 0 Å². The quantitative estimate of drug-likeness (QED) is 0.866. The zero-order chi connectivity index (χ0) is 15.4. The molecule has 1 aromatic carbocycles. The third kappa shape index (κ3) is 3.37. The van der Waals surface area contributed by atoms with Gasteiger partial charge in [-0.25, -0.2) is 0 Å². The summed E-state index contributed by atoms with van der Waals surface area (Å²) in [7, 11) is 0. The normalized spacial score (nSPS) is 19.6. The van der Waals surface area contributed by atoms with Gasteiger partial charge < -0.3 is 14.8 Å². The number of nitrogens with one attached hydrogen (secondary N) is 1. The van der Waals surface area contributed by atoms with Gasteiger partial charge in [-0.3, -0.25) is 9.80 Å². The fourth-order valence-electron chi connectivity index (χ4n) is 3.35. The molecule has 22 heavy (non-hydrogen) atoms. The van der Waals surface area contributed by atoms with Crippen molar-refractivity contribution in [2.75, 3.05) is 52.6 Å². The molecule has 3 rings (SSSR count). The van der Waals surface area contributed by atoms with Gasteiger partial charge in [-0.1, -0.05) is 19.9 Å². The van der Waals surface area contributed by atoms with Crippen LogP contribution in [0.3, 0.4) is 0 Å². The summed E-state index contributed by atoms with van der Waals surface area (Å²) in [6.45, 7) is 12.4. The van der Waals surface area contributed by atoms with Gasteiger partial charge in [0.05, 0.1) is 0 Å². The van der Waals surface area contributed by atoms with Crippen molar-refractivity contribution in [3.8, 4) is 11.5 Å². The van der Waals surface area contributed by atoms with Crippen LogP contribution >= 0.6 is 0 Å². The fourth-order valence-corrected chi connectivity index (χ4v) is 3.35. The first-order chi connectivity index (χ1) is 10.8. The summed E-state index contributed by atoms with van der Waals surface area (Å²) in [6.07, 6.45) is 0. The molecule has 0 bridgehead atoms. The third-order valence-electron chi connectivity index (χ3n) is 4.68. The molecule has 122 valence electrons. The van der Waals surface area contributed by atoms with Crippen LogP contribution in [0.4, 0.5) is 0 Å². The van der Waals surface area contributed by atoms with Crippen LogP contribution in [0.5, 0.6) is 11.5 Å². The number of hydrogen-bond acceptors (Lipinski definition) is 5. The minimum Gasteiger partial charge on any atom is -0.454 e. The molecule has 0 spiro atoms. The number of nitrogens with zero attached hydrogens (tertiary/aromatic N) is 2. The van der Waals surface area contributed by atoms with Gasteiger partial charge in [0.15, 0.2) is 11.5 Å². The van der Waals surface area contributed by atoms with Crippen molar-refractivity contribution in [2.45, 2.75) is 19.9 Å². The van der Waals surface area contributed by atoms with Gasteiger partial charge in [0.1, 0.15) is 0 Å². The highest BCUT2D eigenvalue weighted by Gasteiger charge is 2.24. The van der Waals surface area contributed by atoms with Gasteiger partial charge >= 0.3 is 0 Å². The fraction of sp³-hybridized carbons (Fsp3) is 0.647. The lowest BCUT2D eigenvalue weighted by Crippen LogP contribution is -2.47. The standard InChI is InChI=1S/C17H27N3O2/c1-3-20(4-2)15(12-19-9-7-18-8-10-19)14-5-6-16-17(11-14)22-13-21-16/h5-6,11,15,18H,3-4,7-10,12-13H2,1-2H3. The van der Waals surface area contributed by atoms with E-state index in [1.807, 2.05) is 6.07 Å². The Balaban J connectivity index is 1.80. The van der Waals surface area contributed by atoms with Crippen LogP contribution in [-0.2, 0) is 0 Å². The number of rotatable bonds is 6. The van der Waals surface area contributed by atoms with Gasteiger partial charge in [-0.2, -0.15) is 0 Å². The number of hydrogen-bond donors (Lipinski definition) is 1. The van der Waals surface area contributed by atoms with Crippen molar-refractivity contribution < 1.29 is 9.47 Å². The van der Waals surface area contributed by atoms with Crippen LogP contribution in [-0.4, -0.2) is 62.4 Å². The smallest absolute Gasteiger partial charge is 0.231 e. The van der Waals surface area contributed by atoms with Crippen molar-refractivity contribution in [3.05, 3.63) is 23.8 Å². The maximum Gasteiger partial charge on any atom is 0.231 e. The first-order valence-corrected chi connectivity index (χ1v) is 8.38. The first kappa shape index (κ1) is 15.6. The third-order valence-corrected chi connectivity index (χ3v) is 4.68. The second-order valence-corrected chi connectivity index (χ2v) is 5.90. The zero-order valence-corrected chi connectivity index (χ0v) is 13.7. The van der Waals surface area contributed by atoms with E-state index in [1.165, 1.54) is 5.56 Å². The summed E-state index contributed by atoms with van der Waals surface area (Å²) in [4.78, 5) is 5.09. The van der Waals surface area contributed by atoms with E-state index >= 15 is 0 Å². The highest BCUT2D eigenvalue weighted by molar-refractivity contribution is 5.45. The summed E-state index contributed by atoms with van der Waals surface area (Å²) in [5.74, 6) is 1.75. The van der Waals surface area contributed by atoms with E-state index in [9.17, 15) is 0 Å². The molecule has 2 aliphatic rings. The Hall–Kier alpha value is -1.30. The lowest BCUT2D eigenvalue weighted by Gasteiger charge is -2.36. The van der Waals surface area contributed by atoms with Crippen LogP contribution in [0.2, 0.25) is 0 Å². The molecule has 2 heterocycles. The van der Waals surface area contributed by atoms with Crippen LogP contribution in [0.1, 0.15) is 25.5 Å². The summed E-state index contributed by atoms with van der Waals surface area (Å²) in [6, 6.07) is 6.81. The first-order valence-electron chi connectivity index (χ1n) is 8.38. The van der Waals surface area contributed by atoms with Gasteiger partial charge in [0.2, 0.25) is 6.79 Å². The minimum absolute atomic E-state index is 0.340. The van der Waals surface area contributed by atoms with E-state index < -0.39 is 0 Å². The Kier molecular flexibility index (Phi) is 5.18. The lowest BCUT2D eigenvalue weighted by molar-refractivity contribution is 0.138. The second kappa shape index (κ2) is 7.31. The molecule has 1 atom stereocenters. The van der Waals surface area contributed by atoms with Crippen molar-refractivity contribution in [1.29, 1.82) is 0 Å². The van der Waals surface area contributed by atoms with E-state index in [0.29, 0.717) is 12.8 Å². The predicted octanol–water partition coefficient (Wildman–Crippen LogP) is 1.70. The summed E-state index contributed by atoms with van der Waals surface area (Å²) < 4.78 is 11.0. The van der Waals surface area contributed by atoms with Crippen LogP contribution < -0.4 is 14.8 Å². The number of piperazine rings is 1. The largest absolute Gasteiger partial charge is 0.454 e. The van der Waals surface area contributed by atoms with E-state index in [0.717, 1.165) is 57.3 Å². The lowest BCUT2D eigenvalue weighted by atomic mass is 10.0. The Morgan fingerprint density at radius 3 is 2.59 bits per heavy atom. The van der Waals surface area contributed by atoms with Crippen molar-refractivity contribution in [3.63, 3.8) is 0 Å². The molecule has 2 aliphatic heterocycles. The van der Waals surface area contributed by atoms with Gasteiger partial charge in [-0.15, -0.1) is 0 Å². The molecule has 0 amide bonds. The average Bonchev–Trinajstić information content (AvgIpc) is 3.03. The maximum atomic E-state index is 5.56. The molecule has 5 heteroatoms. The van der Waals surface area contributed by atoms with Crippen LogP contribution in [0, 0.1) is 0 Å². The van der Waals surface area contributed by atoms with Crippen LogP contribution in [0.25, 0.3) is 0 Å². The monoisotopic (exact) mass is 305 g/mol. The molecular formula is C17H27N3O2. The summed E-state index contributed by atoms with van der Waals surface area (Å²) in [5.41, 5.74) is 1.33. The molecule has 0 radical (unpaired) electrons. The Labute approximate surface area is 133 Å². The van der Waals surface area contributed by atoms with E-state index in [4.69, 9.17) is 9.47 Å². The van der Waals surface area contributed by atoms with Crippen molar-refractivity contribution in [1.82, 2.24) is 15.1 Å². The molecule has 1 N–H and O–H groups in total. The number of likely N-dealkylation sites (N-methyl/N-ethyl adjacent to an activating group) is 1. The Morgan fingerprint density at radius 2 is 1.86 bits per heavy atom. The van der Waals surface area contributed by atoms with Gasteiger partial charge in [0.25, 0.3) is 0 Å². The number of ether oxygens (including phenoxy) is 2. The predicted molar refractivity (Wildman–Crippen MR) is 87.5 cm³/mol. The van der Waals surface area contributed by atoms with E-state index in [-0.39, 0.29) is 0 Å². The topological polar surface area (TPSA) is 37.0 Å². The highest BCUT2D eigenvalue weighted by Crippen LogP contribution is 2.35. The summed E-state index contributed by atoms with van der Waals surface area (Å²) in [5, 5.41) is 3.43. The second-order valence-electron chi connectivity index (χ2n) is 5.90. The maximum absolute atomic E-state index is 5.56. The zero-order valence-electron chi connectivity index (χ0n) is 13.7. The molecule has 1 fully saturated rings. The minimum atomic E-state index is 0.340. The van der Waals surface area contributed by atoms with Crippen LogP contribution in [0.15, 0.2) is 18.2 Å². The van der Waals surface area contributed by atoms with Gasteiger partial charge in [-0.05, 0) is 30.8 Å². The highest BCUT2D eigenvalue weighted by atomic mass is 16.7.